The van der Waals surface area contributed by atoms with Crippen LogP contribution in [0.5, 0.6) is 0 Å². The van der Waals surface area contributed by atoms with Crippen LogP contribution >= 0.6 is 0 Å². The standard InChI is InChI=1S/C26H17BO2/c28-27(29)24-15-14-20(19-6-1-2-7-22(19)24)21-12-10-18-9-8-16-4-3-5-17-11-13-23(21)26(18)25(16)17/h1-15,28-29H. The molecule has 6 aromatic carbocycles. The third-order valence-corrected chi connectivity index (χ3v) is 6.05. The largest absolute Gasteiger partial charge is 0.489 e. The Bertz CT molecular complexity index is 1520. The average Bonchev–Trinajstić information content (AvgIpc) is 2.76. The first-order valence-electron chi connectivity index (χ1n) is 9.77. The minimum atomic E-state index is -1.49. The summed E-state index contributed by atoms with van der Waals surface area (Å²) in [5, 5.41) is 29.0. The molecule has 0 atom stereocenters. The quantitative estimate of drug-likeness (QED) is 0.329. The van der Waals surface area contributed by atoms with E-state index in [9.17, 15) is 10.0 Å². The lowest BCUT2D eigenvalue weighted by Crippen LogP contribution is -2.30. The highest BCUT2D eigenvalue weighted by molar-refractivity contribution is 6.62. The Labute approximate surface area is 168 Å². The van der Waals surface area contributed by atoms with Gasteiger partial charge in [0.2, 0.25) is 0 Å². The van der Waals surface area contributed by atoms with Gasteiger partial charge in [0.25, 0.3) is 0 Å². The molecule has 0 unspecified atom stereocenters. The highest BCUT2D eigenvalue weighted by atomic mass is 16.4. The Hall–Kier alpha value is -3.40. The summed E-state index contributed by atoms with van der Waals surface area (Å²) in [5.41, 5.74) is 2.79. The second kappa shape index (κ2) is 6.05. The lowest BCUT2D eigenvalue weighted by molar-refractivity contribution is 0.426. The van der Waals surface area contributed by atoms with Gasteiger partial charge < -0.3 is 10.0 Å². The predicted molar refractivity (Wildman–Crippen MR) is 123 cm³/mol. The summed E-state index contributed by atoms with van der Waals surface area (Å²) in [7, 11) is -1.49. The Morgan fingerprint density at radius 2 is 1.03 bits per heavy atom. The highest BCUT2D eigenvalue weighted by Gasteiger charge is 2.18. The predicted octanol–water partition coefficient (Wildman–Crippen LogP) is 5.08. The van der Waals surface area contributed by atoms with E-state index < -0.39 is 7.12 Å². The van der Waals surface area contributed by atoms with Crippen LogP contribution in [0.1, 0.15) is 0 Å². The minimum Gasteiger partial charge on any atom is -0.423 e. The zero-order valence-electron chi connectivity index (χ0n) is 15.6. The molecule has 0 radical (unpaired) electrons. The van der Waals surface area contributed by atoms with Crippen LogP contribution in [0.25, 0.3) is 54.2 Å². The average molecular weight is 372 g/mol. The van der Waals surface area contributed by atoms with Gasteiger partial charge in [-0.2, -0.15) is 0 Å². The molecule has 6 rings (SSSR count). The van der Waals surface area contributed by atoms with Gasteiger partial charge in [0.15, 0.2) is 0 Å². The maximum absolute atomic E-state index is 9.80. The van der Waals surface area contributed by atoms with Gasteiger partial charge in [0.05, 0.1) is 0 Å². The van der Waals surface area contributed by atoms with E-state index in [0.29, 0.717) is 5.46 Å². The molecule has 0 spiro atoms. The normalized spacial score (nSPS) is 11.8. The first kappa shape index (κ1) is 16.5. The van der Waals surface area contributed by atoms with Crippen LogP contribution in [-0.2, 0) is 0 Å². The van der Waals surface area contributed by atoms with E-state index in [1.165, 1.54) is 32.3 Å². The Morgan fingerprint density at radius 1 is 0.448 bits per heavy atom. The molecule has 29 heavy (non-hydrogen) atoms. The second-order valence-electron chi connectivity index (χ2n) is 7.59. The van der Waals surface area contributed by atoms with E-state index in [-0.39, 0.29) is 0 Å². The molecule has 2 N–H and O–H groups in total. The van der Waals surface area contributed by atoms with Gasteiger partial charge in [-0.1, -0.05) is 91.0 Å². The van der Waals surface area contributed by atoms with Gasteiger partial charge >= 0.3 is 7.12 Å². The number of fused-ring (bicyclic) bond motifs is 1. The molecular formula is C26H17BO2. The van der Waals surface area contributed by atoms with Crippen molar-refractivity contribution in [1.29, 1.82) is 0 Å². The fraction of sp³-hybridized carbons (Fsp3) is 0. The summed E-state index contributed by atoms with van der Waals surface area (Å²) in [6, 6.07) is 31.3. The molecule has 6 aromatic rings. The monoisotopic (exact) mass is 372 g/mol. The fourth-order valence-corrected chi connectivity index (χ4v) is 4.75. The summed E-state index contributed by atoms with van der Waals surface area (Å²) in [6.07, 6.45) is 0. The van der Waals surface area contributed by atoms with Crippen LogP contribution in [0.15, 0.2) is 91.0 Å². The van der Waals surface area contributed by atoms with Crippen LogP contribution in [0.2, 0.25) is 0 Å². The highest BCUT2D eigenvalue weighted by Crippen LogP contribution is 2.40. The molecule has 0 heterocycles. The van der Waals surface area contributed by atoms with Crippen molar-refractivity contribution >= 4 is 55.7 Å². The van der Waals surface area contributed by atoms with Crippen molar-refractivity contribution < 1.29 is 10.0 Å². The number of hydrogen-bond acceptors (Lipinski definition) is 2. The smallest absolute Gasteiger partial charge is 0.423 e. The molecule has 0 saturated carbocycles. The molecule has 0 aliphatic rings. The van der Waals surface area contributed by atoms with Crippen LogP contribution in [0.3, 0.4) is 0 Å². The van der Waals surface area contributed by atoms with E-state index in [0.717, 1.165) is 21.9 Å². The zero-order chi connectivity index (χ0) is 19.5. The summed E-state index contributed by atoms with van der Waals surface area (Å²) in [4.78, 5) is 0. The van der Waals surface area contributed by atoms with Gasteiger partial charge in [-0.25, -0.2) is 0 Å². The van der Waals surface area contributed by atoms with Crippen molar-refractivity contribution in [2.75, 3.05) is 0 Å². The minimum absolute atomic E-state index is 0.530. The molecule has 2 nitrogen and oxygen atoms in total. The topological polar surface area (TPSA) is 40.5 Å². The lowest BCUT2D eigenvalue weighted by atomic mass is 9.75. The van der Waals surface area contributed by atoms with Crippen molar-refractivity contribution in [3.05, 3.63) is 91.0 Å². The second-order valence-corrected chi connectivity index (χ2v) is 7.59. The molecule has 0 saturated heterocycles. The number of hydrogen-bond donors (Lipinski definition) is 2. The van der Waals surface area contributed by atoms with Gasteiger partial charge in [-0.05, 0) is 59.7 Å². The third-order valence-electron chi connectivity index (χ3n) is 6.05. The van der Waals surface area contributed by atoms with Gasteiger partial charge in [-0.3, -0.25) is 0 Å². The van der Waals surface area contributed by atoms with Crippen LogP contribution in [0.4, 0.5) is 0 Å². The molecule has 0 fully saturated rings. The van der Waals surface area contributed by atoms with Gasteiger partial charge in [-0.15, -0.1) is 0 Å². The van der Waals surface area contributed by atoms with E-state index in [1.54, 1.807) is 0 Å². The molecule has 0 amide bonds. The SMILES string of the molecule is OB(O)c1ccc(-c2ccc3ccc4cccc5ccc2c3c45)c2ccccc12. The first-order valence-corrected chi connectivity index (χ1v) is 9.77. The van der Waals surface area contributed by atoms with E-state index >= 15 is 0 Å². The molecule has 3 heteroatoms. The zero-order valence-corrected chi connectivity index (χ0v) is 15.6. The Balaban J connectivity index is 1.76. The van der Waals surface area contributed by atoms with Gasteiger partial charge in [0.1, 0.15) is 0 Å². The Morgan fingerprint density at radius 3 is 1.79 bits per heavy atom. The van der Waals surface area contributed by atoms with Crippen LogP contribution < -0.4 is 5.46 Å². The molecule has 0 aliphatic heterocycles. The molecule has 0 aromatic heterocycles. The first-order chi connectivity index (χ1) is 14.2. The number of rotatable bonds is 2. The van der Waals surface area contributed by atoms with Crippen LogP contribution in [0, 0.1) is 0 Å². The maximum atomic E-state index is 9.80. The van der Waals surface area contributed by atoms with E-state index in [2.05, 4.69) is 60.7 Å². The summed E-state index contributed by atoms with van der Waals surface area (Å²) in [6.45, 7) is 0. The number of benzene rings is 6. The molecule has 0 bridgehead atoms. The molecule has 136 valence electrons. The molecule has 0 aliphatic carbocycles. The van der Waals surface area contributed by atoms with Crippen molar-refractivity contribution in [3.63, 3.8) is 0 Å². The van der Waals surface area contributed by atoms with E-state index in [4.69, 9.17) is 0 Å². The lowest BCUT2D eigenvalue weighted by Gasteiger charge is -2.16. The van der Waals surface area contributed by atoms with Crippen LogP contribution in [-0.4, -0.2) is 17.2 Å². The Kier molecular flexibility index (Phi) is 3.45. The maximum Gasteiger partial charge on any atom is 0.489 e. The van der Waals surface area contributed by atoms with E-state index in [1.807, 2.05) is 30.3 Å². The van der Waals surface area contributed by atoms with Crippen molar-refractivity contribution in [1.82, 2.24) is 0 Å². The van der Waals surface area contributed by atoms with Gasteiger partial charge in [0, 0.05) is 0 Å². The summed E-state index contributed by atoms with van der Waals surface area (Å²) >= 11 is 0. The fourth-order valence-electron chi connectivity index (χ4n) is 4.75. The summed E-state index contributed by atoms with van der Waals surface area (Å²) in [5.74, 6) is 0. The summed E-state index contributed by atoms with van der Waals surface area (Å²) < 4.78 is 0. The molecular weight excluding hydrogens is 355 g/mol. The van der Waals surface area contributed by atoms with Crippen molar-refractivity contribution in [2.45, 2.75) is 0 Å². The van der Waals surface area contributed by atoms with Crippen molar-refractivity contribution in [3.8, 4) is 11.1 Å². The van der Waals surface area contributed by atoms with Crippen molar-refractivity contribution in [2.24, 2.45) is 0 Å². The third kappa shape index (κ3) is 2.32.